The molecule has 1 fully saturated rings. The monoisotopic (exact) mass is 293 g/mol. The van der Waals surface area contributed by atoms with E-state index in [0.717, 1.165) is 12.2 Å². The average molecular weight is 293 g/mol. The Kier molecular flexibility index (Phi) is 3.99. The van der Waals surface area contributed by atoms with Gasteiger partial charge >= 0.3 is 0 Å². The summed E-state index contributed by atoms with van der Waals surface area (Å²) in [5, 5.41) is 2.64. The molecule has 0 bridgehead atoms. The molecular formula is C13H15F4NS. The molecule has 0 saturated carbocycles. The van der Waals surface area contributed by atoms with E-state index in [1.54, 1.807) is 11.8 Å². The van der Waals surface area contributed by atoms with Gasteiger partial charge in [0.05, 0.1) is 0 Å². The molecule has 0 amide bonds. The third-order valence-electron chi connectivity index (χ3n) is 3.55. The lowest BCUT2D eigenvalue weighted by molar-refractivity contribution is 0.303. The van der Waals surface area contributed by atoms with Crippen LogP contribution in [0.3, 0.4) is 0 Å². The van der Waals surface area contributed by atoms with Crippen molar-refractivity contribution in [1.29, 1.82) is 0 Å². The van der Waals surface area contributed by atoms with Gasteiger partial charge in [0.2, 0.25) is 0 Å². The van der Waals surface area contributed by atoms with Crippen LogP contribution in [-0.4, -0.2) is 17.5 Å². The summed E-state index contributed by atoms with van der Waals surface area (Å²) in [5.74, 6) is -3.90. The minimum atomic E-state index is -1.39. The third kappa shape index (κ3) is 2.83. The van der Waals surface area contributed by atoms with E-state index in [-0.39, 0.29) is 17.5 Å². The Morgan fingerprint density at radius 1 is 1.16 bits per heavy atom. The summed E-state index contributed by atoms with van der Waals surface area (Å²) in [6.45, 7) is 3.94. The minimum Gasteiger partial charge on any atom is -0.376 e. The molecule has 1 aromatic carbocycles. The maximum Gasteiger partial charge on any atom is 0.185 e. The lowest BCUT2D eigenvalue weighted by Gasteiger charge is -2.39. The van der Waals surface area contributed by atoms with Gasteiger partial charge in [-0.05, 0) is 17.6 Å². The Hall–Kier alpha value is -0.910. The molecule has 0 aliphatic carbocycles. The van der Waals surface area contributed by atoms with Gasteiger partial charge in [0.15, 0.2) is 23.3 Å². The fraction of sp³-hybridized carbons (Fsp3) is 0.538. The number of nitrogens with one attached hydrogen (secondary N) is 1. The maximum absolute atomic E-state index is 13.6. The van der Waals surface area contributed by atoms with Crippen molar-refractivity contribution >= 4 is 17.4 Å². The van der Waals surface area contributed by atoms with Crippen LogP contribution in [0, 0.1) is 28.7 Å². The van der Waals surface area contributed by atoms with Gasteiger partial charge in [-0.25, -0.2) is 17.6 Å². The normalized spacial score (nSPS) is 22.3. The molecule has 1 N–H and O–H groups in total. The second-order valence-electron chi connectivity index (χ2n) is 5.35. The van der Waals surface area contributed by atoms with Crippen LogP contribution in [0.2, 0.25) is 0 Å². The van der Waals surface area contributed by atoms with Gasteiger partial charge in [-0.15, -0.1) is 0 Å². The first-order valence-electron chi connectivity index (χ1n) is 6.00. The van der Waals surface area contributed by atoms with Crippen molar-refractivity contribution in [2.75, 3.05) is 16.8 Å². The van der Waals surface area contributed by atoms with E-state index in [4.69, 9.17) is 0 Å². The maximum atomic E-state index is 13.6. The van der Waals surface area contributed by atoms with E-state index in [1.165, 1.54) is 0 Å². The Morgan fingerprint density at radius 3 is 2.26 bits per heavy atom. The van der Waals surface area contributed by atoms with E-state index in [9.17, 15) is 17.6 Å². The van der Waals surface area contributed by atoms with Crippen LogP contribution in [-0.2, 0) is 0 Å². The van der Waals surface area contributed by atoms with Crippen molar-refractivity contribution in [2.24, 2.45) is 5.41 Å². The van der Waals surface area contributed by atoms with Gasteiger partial charge in [0, 0.05) is 17.9 Å². The molecule has 106 valence electrons. The van der Waals surface area contributed by atoms with E-state index < -0.39 is 29.0 Å². The van der Waals surface area contributed by atoms with Gasteiger partial charge in [0.1, 0.15) is 5.69 Å². The summed E-state index contributed by atoms with van der Waals surface area (Å²) < 4.78 is 53.5. The number of rotatable bonds is 2. The molecule has 1 aliphatic rings. The number of benzene rings is 1. The molecule has 6 heteroatoms. The molecule has 0 aromatic heterocycles. The van der Waals surface area contributed by atoms with Crippen LogP contribution in [0.15, 0.2) is 6.07 Å². The first-order chi connectivity index (χ1) is 8.83. The highest BCUT2D eigenvalue weighted by molar-refractivity contribution is 7.99. The summed E-state index contributed by atoms with van der Waals surface area (Å²) in [6, 6.07) is -0.0205. The third-order valence-corrected chi connectivity index (χ3v) is 4.61. The Labute approximate surface area is 113 Å². The fourth-order valence-electron chi connectivity index (χ4n) is 2.05. The van der Waals surface area contributed by atoms with Gasteiger partial charge in [-0.1, -0.05) is 13.8 Å². The number of thioether (sulfide) groups is 1. The van der Waals surface area contributed by atoms with Gasteiger partial charge in [0.25, 0.3) is 0 Å². The summed E-state index contributed by atoms with van der Waals surface area (Å²) in [4.78, 5) is 0. The Morgan fingerprint density at radius 2 is 1.74 bits per heavy atom. The highest BCUT2D eigenvalue weighted by Crippen LogP contribution is 2.37. The zero-order valence-corrected chi connectivity index (χ0v) is 11.5. The Balaban J connectivity index is 2.33. The average Bonchev–Trinajstić information content (AvgIpc) is 2.33. The van der Waals surface area contributed by atoms with Crippen LogP contribution in [0.25, 0.3) is 0 Å². The smallest absolute Gasteiger partial charge is 0.185 e. The van der Waals surface area contributed by atoms with Gasteiger partial charge in [-0.3, -0.25) is 0 Å². The number of hydrogen-bond donors (Lipinski definition) is 1. The van der Waals surface area contributed by atoms with Gasteiger partial charge in [-0.2, -0.15) is 11.8 Å². The number of halogens is 4. The Bertz CT molecular complexity index is 464. The van der Waals surface area contributed by atoms with Crippen molar-refractivity contribution in [1.82, 2.24) is 0 Å². The summed E-state index contributed by atoms with van der Waals surface area (Å²) in [5.41, 5.74) is -0.898. The molecule has 0 spiro atoms. The predicted octanol–water partition coefficient (Wildman–Crippen LogP) is 4.19. The molecule has 1 saturated heterocycles. The van der Waals surface area contributed by atoms with E-state index in [1.807, 2.05) is 13.8 Å². The highest BCUT2D eigenvalue weighted by atomic mass is 32.2. The molecule has 2 rings (SSSR count). The van der Waals surface area contributed by atoms with Crippen LogP contribution >= 0.6 is 11.8 Å². The molecule has 1 heterocycles. The molecule has 1 aliphatic heterocycles. The van der Waals surface area contributed by atoms with Gasteiger partial charge < -0.3 is 5.32 Å². The summed E-state index contributed by atoms with van der Waals surface area (Å²) in [6.07, 6.45) is 0.871. The molecule has 1 nitrogen and oxygen atoms in total. The molecule has 1 aromatic rings. The predicted molar refractivity (Wildman–Crippen MR) is 69.4 cm³/mol. The van der Waals surface area contributed by atoms with Crippen molar-refractivity contribution in [2.45, 2.75) is 26.3 Å². The van der Waals surface area contributed by atoms with Crippen molar-refractivity contribution in [3.63, 3.8) is 0 Å². The number of hydrogen-bond acceptors (Lipinski definition) is 2. The number of anilines is 1. The van der Waals surface area contributed by atoms with E-state index in [2.05, 4.69) is 5.32 Å². The largest absolute Gasteiger partial charge is 0.376 e. The van der Waals surface area contributed by atoms with Crippen LogP contribution < -0.4 is 5.32 Å². The first kappa shape index (κ1) is 14.5. The van der Waals surface area contributed by atoms with E-state index >= 15 is 0 Å². The fourth-order valence-corrected chi connectivity index (χ4v) is 3.65. The lowest BCUT2D eigenvalue weighted by atomic mass is 9.82. The molecule has 19 heavy (non-hydrogen) atoms. The highest BCUT2D eigenvalue weighted by Gasteiger charge is 2.34. The summed E-state index contributed by atoms with van der Waals surface area (Å²) >= 11 is 1.65. The van der Waals surface area contributed by atoms with Crippen molar-refractivity contribution in [3.05, 3.63) is 29.3 Å². The second kappa shape index (κ2) is 5.23. The topological polar surface area (TPSA) is 12.0 Å². The summed E-state index contributed by atoms with van der Waals surface area (Å²) in [7, 11) is 0. The zero-order valence-electron chi connectivity index (χ0n) is 10.7. The van der Waals surface area contributed by atoms with Crippen LogP contribution in [0.1, 0.15) is 20.3 Å². The first-order valence-corrected chi connectivity index (χ1v) is 7.15. The van der Waals surface area contributed by atoms with Crippen LogP contribution in [0.4, 0.5) is 23.2 Å². The van der Waals surface area contributed by atoms with Crippen LogP contribution in [0.5, 0.6) is 0 Å². The molecular weight excluding hydrogens is 278 g/mol. The molecule has 1 unspecified atom stereocenters. The van der Waals surface area contributed by atoms with Crippen molar-refractivity contribution in [3.8, 4) is 0 Å². The quantitative estimate of drug-likeness (QED) is 0.648. The van der Waals surface area contributed by atoms with E-state index in [0.29, 0.717) is 5.75 Å². The zero-order chi connectivity index (χ0) is 14.2. The second-order valence-corrected chi connectivity index (χ2v) is 6.50. The van der Waals surface area contributed by atoms with Crippen molar-refractivity contribution < 1.29 is 17.6 Å². The molecule has 0 radical (unpaired) electrons. The molecule has 1 atom stereocenters. The SMILES string of the molecule is CC1(C)CCSCC1Nc1c(F)c(F)cc(F)c1F. The minimum absolute atomic E-state index is 0.188. The standard InChI is InChI=1S/C13H15F4NS/c1-13(2)3-4-19-6-9(13)18-12-10(16)7(14)5-8(15)11(12)17/h5,9,18H,3-4,6H2,1-2H3. The lowest BCUT2D eigenvalue weighted by Crippen LogP contribution is -2.42.